The van der Waals surface area contributed by atoms with Crippen molar-refractivity contribution >= 4 is 11.8 Å². The lowest BCUT2D eigenvalue weighted by atomic mass is 9.95. The van der Waals surface area contributed by atoms with Crippen LogP contribution in [0.3, 0.4) is 0 Å². The van der Waals surface area contributed by atoms with E-state index >= 15 is 0 Å². The predicted octanol–water partition coefficient (Wildman–Crippen LogP) is 5.75. The van der Waals surface area contributed by atoms with Crippen molar-refractivity contribution in [1.29, 1.82) is 0 Å². The molecule has 0 aliphatic heterocycles. The molecule has 1 aliphatic carbocycles. The Morgan fingerprint density at radius 2 is 1.65 bits per heavy atom. The standard InChI is InChI=1S/C29H40N2O3/c1-5-27(29(33)30-25-9-7-6-8-10-25)31(19-23-13-11-22(4)12-14-23)28(32)20-34-26-17-15-24(16-18-26)21(2)3/h11-18,21,25,27H,5-10,19-20H2,1-4H3,(H,30,33)/t27-/m0/s1. The van der Waals surface area contributed by atoms with Gasteiger partial charge in [0.05, 0.1) is 0 Å². The molecular formula is C29H40N2O3. The summed E-state index contributed by atoms with van der Waals surface area (Å²) in [5, 5.41) is 3.22. The van der Waals surface area contributed by atoms with Crippen LogP contribution in [0, 0.1) is 6.92 Å². The third-order valence-electron chi connectivity index (χ3n) is 6.72. The fourth-order valence-electron chi connectivity index (χ4n) is 4.53. The number of nitrogens with zero attached hydrogens (tertiary/aromatic N) is 1. The van der Waals surface area contributed by atoms with Crippen LogP contribution < -0.4 is 10.1 Å². The fraction of sp³-hybridized carbons (Fsp3) is 0.517. The average Bonchev–Trinajstić information content (AvgIpc) is 2.84. The number of nitrogens with one attached hydrogen (secondary N) is 1. The zero-order valence-corrected chi connectivity index (χ0v) is 21.2. The maximum atomic E-state index is 13.4. The molecule has 2 aromatic rings. The number of rotatable bonds is 10. The zero-order valence-electron chi connectivity index (χ0n) is 21.2. The van der Waals surface area contributed by atoms with Gasteiger partial charge in [-0.1, -0.05) is 82.0 Å². The Kier molecular flexibility index (Phi) is 9.55. The average molecular weight is 465 g/mol. The van der Waals surface area contributed by atoms with E-state index in [1.54, 1.807) is 4.90 Å². The summed E-state index contributed by atoms with van der Waals surface area (Å²) in [4.78, 5) is 28.3. The van der Waals surface area contributed by atoms with E-state index in [0.717, 1.165) is 36.8 Å². The Hall–Kier alpha value is -2.82. The van der Waals surface area contributed by atoms with E-state index in [1.807, 2.05) is 62.4 Å². The molecule has 1 fully saturated rings. The third kappa shape index (κ3) is 7.34. The number of hydrogen-bond acceptors (Lipinski definition) is 3. The third-order valence-corrected chi connectivity index (χ3v) is 6.72. The Bertz CT molecular complexity index is 915. The minimum absolute atomic E-state index is 0.0591. The second-order valence-electron chi connectivity index (χ2n) is 9.79. The zero-order chi connectivity index (χ0) is 24.5. The molecule has 5 nitrogen and oxygen atoms in total. The monoisotopic (exact) mass is 464 g/mol. The summed E-state index contributed by atoms with van der Waals surface area (Å²) in [6, 6.07) is 15.7. The molecule has 1 saturated carbocycles. The van der Waals surface area contributed by atoms with E-state index in [2.05, 4.69) is 19.2 Å². The van der Waals surface area contributed by atoms with Crippen LogP contribution in [-0.4, -0.2) is 35.4 Å². The van der Waals surface area contributed by atoms with Gasteiger partial charge in [0.2, 0.25) is 5.91 Å². The molecule has 0 radical (unpaired) electrons. The molecule has 0 saturated heterocycles. The number of amides is 2. The number of aryl methyl sites for hydroxylation is 1. The molecule has 2 aromatic carbocycles. The minimum atomic E-state index is -0.525. The topological polar surface area (TPSA) is 58.6 Å². The van der Waals surface area contributed by atoms with Gasteiger partial charge in [-0.15, -0.1) is 0 Å². The molecule has 1 atom stereocenters. The van der Waals surface area contributed by atoms with Gasteiger partial charge in [0, 0.05) is 12.6 Å². The summed E-state index contributed by atoms with van der Waals surface area (Å²) in [7, 11) is 0. The van der Waals surface area contributed by atoms with Crippen molar-refractivity contribution in [1.82, 2.24) is 10.2 Å². The van der Waals surface area contributed by atoms with E-state index in [-0.39, 0.29) is 24.5 Å². The van der Waals surface area contributed by atoms with Gasteiger partial charge in [-0.25, -0.2) is 0 Å². The maximum absolute atomic E-state index is 13.4. The highest BCUT2D eigenvalue weighted by Gasteiger charge is 2.30. The Labute approximate surface area is 204 Å². The molecule has 0 heterocycles. The minimum Gasteiger partial charge on any atom is -0.484 e. The lowest BCUT2D eigenvalue weighted by Gasteiger charge is -2.32. The second-order valence-corrected chi connectivity index (χ2v) is 9.79. The van der Waals surface area contributed by atoms with Crippen molar-refractivity contribution in [3.05, 3.63) is 65.2 Å². The van der Waals surface area contributed by atoms with Crippen molar-refractivity contribution in [3.63, 3.8) is 0 Å². The number of ether oxygens (including phenoxy) is 1. The first kappa shape index (κ1) is 25.8. The summed E-state index contributed by atoms with van der Waals surface area (Å²) in [5.74, 6) is 0.858. The van der Waals surface area contributed by atoms with Crippen LogP contribution in [0.4, 0.5) is 0 Å². The van der Waals surface area contributed by atoms with Crippen molar-refractivity contribution in [2.45, 2.75) is 90.8 Å². The van der Waals surface area contributed by atoms with Crippen LogP contribution in [-0.2, 0) is 16.1 Å². The molecule has 34 heavy (non-hydrogen) atoms. The molecule has 0 bridgehead atoms. The Morgan fingerprint density at radius 1 is 1.00 bits per heavy atom. The van der Waals surface area contributed by atoms with Crippen LogP contribution >= 0.6 is 0 Å². The lowest BCUT2D eigenvalue weighted by Crippen LogP contribution is -2.52. The van der Waals surface area contributed by atoms with Gasteiger partial charge in [-0.05, 0) is 55.4 Å². The maximum Gasteiger partial charge on any atom is 0.261 e. The number of hydrogen-bond donors (Lipinski definition) is 1. The quantitative estimate of drug-likeness (QED) is 0.487. The SMILES string of the molecule is CC[C@@H](C(=O)NC1CCCCC1)N(Cc1ccc(C)cc1)C(=O)COc1ccc(C(C)C)cc1. The van der Waals surface area contributed by atoms with Crippen LogP contribution in [0.5, 0.6) is 5.75 Å². The van der Waals surface area contributed by atoms with Gasteiger partial charge in [0.15, 0.2) is 6.61 Å². The lowest BCUT2D eigenvalue weighted by molar-refractivity contribution is -0.143. The van der Waals surface area contributed by atoms with Gasteiger partial charge in [0.25, 0.3) is 5.91 Å². The molecule has 184 valence electrons. The van der Waals surface area contributed by atoms with Crippen molar-refractivity contribution in [2.75, 3.05) is 6.61 Å². The highest BCUT2D eigenvalue weighted by molar-refractivity contribution is 5.88. The highest BCUT2D eigenvalue weighted by atomic mass is 16.5. The molecule has 1 N–H and O–H groups in total. The van der Waals surface area contributed by atoms with E-state index in [4.69, 9.17) is 4.74 Å². The van der Waals surface area contributed by atoms with Crippen LogP contribution in [0.25, 0.3) is 0 Å². The van der Waals surface area contributed by atoms with Crippen LogP contribution in [0.15, 0.2) is 48.5 Å². The fourth-order valence-corrected chi connectivity index (χ4v) is 4.53. The molecule has 0 unspecified atom stereocenters. The predicted molar refractivity (Wildman–Crippen MR) is 137 cm³/mol. The smallest absolute Gasteiger partial charge is 0.261 e. The van der Waals surface area contributed by atoms with Gasteiger partial charge in [-0.3, -0.25) is 9.59 Å². The van der Waals surface area contributed by atoms with E-state index < -0.39 is 6.04 Å². The van der Waals surface area contributed by atoms with Crippen molar-refractivity contribution < 1.29 is 14.3 Å². The first-order valence-corrected chi connectivity index (χ1v) is 12.8. The van der Waals surface area contributed by atoms with Crippen LogP contribution in [0.1, 0.15) is 81.9 Å². The summed E-state index contributed by atoms with van der Waals surface area (Å²) in [6.07, 6.45) is 6.12. The molecule has 0 aromatic heterocycles. The van der Waals surface area contributed by atoms with E-state index in [9.17, 15) is 9.59 Å². The molecule has 5 heteroatoms. The first-order valence-electron chi connectivity index (χ1n) is 12.8. The highest BCUT2D eigenvalue weighted by Crippen LogP contribution is 2.21. The van der Waals surface area contributed by atoms with Crippen LogP contribution in [0.2, 0.25) is 0 Å². The molecule has 1 aliphatic rings. The summed E-state index contributed by atoms with van der Waals surface area (Å²) >= 11 is 0. The summed E-state index contributed by atoms with van der Waals surface area (Å²) < 4.78 is 5.84. The molecular weight excluding hydrogens is 424 g/mol. The summed E-state index contributed by atoms with van der Waals surface area (Å²) in [5.41, 5.74) is 3.39. The van der Waals surface area contributed by atoms with Gasteiger partial charge in [-0.2, -0.15) is 0 Å². The van der Waals surface area contributed by atoms with Gasteiger partial charge >= 0.3 is 0 Å². The largest absolute Gasteiger partial charge is 0.484 e. The van der Waals surface area contributed by atoms with Gasteiger partial charge < -0.3 is 15.0 Å². The second kappa shape index (κ2) is 12.6. The van der Waals surface area contributed by atoms with Crippen molar-refractivity contribution in [2.24, 2.45) is 0 Å². The van der Waals surface area contributed by atoms with Crippen molar-refractivity contribution in [3.8, 4) is 5.75 Å². The number of benzene rings is 2. The molecule has 2 amide bonds. The number of carbonyl (C=O) groups is 2. The molecule has 0 spiro atoms. The summed E-state index contributed by atoms with van der Waals surface area (Å²) in [6.45, 7) is 8.58. The van der Waals surface area contributed by atoms with E-state index in [0.29, 0.717) is 24.6 Å². The van der Waals surface area contributed by atoms with E-state index in [1.165, 1.54) is 12.0 Å². The normalized spacial score (nSPS) is 15.1. The number of carbonyl (C=O) groups excluding carboxylic acids is 2. The Balaban J connectivity index is 1.73. The Morgan fingerprint density at radius 3 is 2.24 bits per heavy atom. The van der Waals surface area contributed by atoms with Gasteiger partial charge in [0.1, 0.15) is 11.8 Å². The molecule has 3 rings (SSSR count). The first-order chi connectivity index (χ1) is 16.4.